The van der Waals surface area contributed by atoms with E-state index in [1.165, 1.54) is 0 Å². The number of benzene rings is 2. The number of hydrogen-bond acceptors (Lipinski definition) is 7. The molecule has 2 aliphatic rings. The molecule has 2 N–H and O–H groups in total. The lowest BCUT2D eigenvalue weighted by Gasteiger charge is -2.14. The zero-order chi connectivity index (χ0) is 20.8. The van der Waals surface area contributed by atoms with Gasteiger partial charge in [0.15, 0.2) is 21.3 Å². The number of fused-ring (bicyclic) bond motifs is 1. The van der Waals surface area contributed by atoms with Crippen molar-refractivity contribution in [2.24, 2.45) is 11.1 Å². The molecule has 0 saturated heterocycles. The van der Waals surface area contributed by atoms with E-state index < -0.39 is 32.4 Å². The molecule has 1 aliphatic carbocycles. The first-order valence-corrected chi connectivity index (χ1v) is 11.0. The second kappa shape index (κ2) is 7.03. The molecule has 0 spiro atoms. The van der Waals surface area contributed by atoms with Gasteiger partial charge in [-0.15, -0.1) is 0 Å². The van der Waals surface area contributed by atoms with Crippen LogP contribution >= 0.6 is 0 Å². The van der Waals surface area contributed by atoms with Gasteiger partial charge >= 0.3 is 5.97 Å². The Bertz CT molecular complexity index is 1050. The molecule has 0 aromatic heterocycles. The van der Waals surface area contributed by atoms with Crippen molar-refractivity contribution >= 4 is 15.8 Å². The molecular formula is C21H23NO6S. The fourth-order valence-corrected chi connectivity index (χ4v) is 6.53. The van der Waals surface area contributed by atoms with Gasteiger partial charge in [-0.1, -0.05) is 23.8 Å². The molecule has 1 heterocycles. The van der Waals surface area contributed by atoms with Crippen molar-refractivity contribution in [3.8, 4) is 11.5 Å². The van der Waals surface area contributed by atoms with Gasteiger partial charge in [-0.25, -0.2) is 8.42 Å². The Labute approximate surface area is 169 Å². The van der Waals surface area contributed by atoms with Crippen molar-refractivity contribution in [2.45, 2.75) is 29.9 Å². The highest BCUT2D eigenvalue weighted by molar-refractivity contribution is 7.92. The number of sulfone groups is 1. The summed E-state index contributed by atoms with van der Waals surface area (Å²) in [6.45, 7) is 3.68. The lowest BCUT2D eigenvalue weighted by Crippen LogP contribution is -2.33. The first-order chi connectivity index (χ1) is 13.9. The smallest absolute Gasteiger partial charge is 0.315 e. The van der Waals surface area contributed by atoms with E-state index in [2.05, 4.69) is 0 Å². The highest BCUT2D eigenvalue weighted by Crippen LogP contribution is 2.64. The third-order valence-electron chi connectivity index (χ3n) is 5.69. The van der Waals surface area contributed by atoms with Crippen LogP contribution in [0.25, 0.3) is 0 Å². The predicted octanol–water partition coefficient (Wildman–Crippen LogP) is 2.17. The Morgan fingerprint density at radius 2 is 1.86 bits per heavy atom. The zero-order valence-corrected chi connectivity index (χ0v) is 17.1. The van der Waals surface area contributed by atoms with Crippen LogP contribution in [0.15, 0.2) is 47.4 Å². The van der Waals surface area contributed by atoms with Gasteiger partial charge in [0, 0.05) is 12.5 Å². The van der Waals surface area contributed by atoms with Crippen LogP contribution in [0.3, 0.4) is 0 Å². The topological polar surface area (TPSA) is 105 Å². The van der Waals surface area contributed by atoms with Crippen molar-refractivity contribution in [3.05, 3.63) is 53.6 Å². The van der Waals surface area contributed by atoms with Crippen LogP contribution in [-0.2, 0) is 19.4 Å². The van der Waals surface area contributed by atoms with Crippen LogP contribution < -0.4 is 15.2 Å². The number of esters is 1. The van der Waals surface area contributed by atoms with Gasteiger partial charge < -0.3 is 19.9 Å². The molecule has 1 fully saturated rings. The van der Waals surface area contributed by atoms with Gasteiger partial charge in [-0.2, -0.15) is 0 Å². The van der Waals surface area contributed by atoms with Gasteiger partial charge in [-0.3, -0.25) is 4.79 Å². The Morgan fingerprint density at radius 3 is 2.52 bits per heavy atom. The van der Waals surface area contributed by atoms with Crippen molar-refractivity contribution < 1.29 is 27.4 Å². The van der Waals surface area contributed by atoms with Crippen LogP contribution in [0.5, 0.6) is 11.5 Å². The average Bonchev–Trinajstić information content (AvgIpc) is 3.20. The second-order valence-corrected chi connectivity index (χ2v) is 9.40. The molecule has 4 rings (SSSR count). The second-order valence-electron chi connectivity index (χ2n) is 7.33. The number of nitrogens with two attached hydrogens (primary N) is 1. The molecule has 154 valence electrons. The van der Waals surface area contributed by atoms with Gasteiger partial charge in [0.05, 0.1) is 16.8 Å². The lowest BCUT2D eigenvalue weighted by molar-refractivity contribution is -0.149. The van der Waals surface area contributed by atoms with Gasteiger partial charge in [-0.05, 0) is 43.7 Å². The summed E-state index contributed by atoms with van der Waals surface area (Å²) in [7, 11) is -3.83. The van der Waals surface area contributed by atoms with E-state index in [-0.39, 0.29) is 24.8 Å². The Morgan fingerprint density at radius 1 is 1.17 bits per heavy atom. The van der Waals surface area contributed by atoms with Crippen LogP contribution in [0.2, 0.25) is 0 Å². The minimum atomic E-state index is -3.83. The van der Waals surface area contributed by atoms with Crippen LogP contribution in [0, 0.1) is 12.3 Å². The standard InChI is InChI=1S/C21H23NO6S/c1-3-26-20(23)21(11-22)18(14-6-9-16-17(10-14)28-12-27-16)19(21)29(24,25)15-7-4-13(2)5-8-15/h4-10,18-19H,3,11-12,22H2,1-2H3/t18-,19-,21-/m1/s1. The minimum Gasteiger partial charge on any atom is -0.465 e. The first-order valence-electron chi connectivity index (χ1n) is 9.43. The first kappa shape index (κ1) is 19.7. The largest absolute Gasteiger partial charge is 0.465 e. The van der Waals surface area contributed by atoms with E-state index in [4.69, 9.17) is 19.9 Å². The lowest BCUT2D eigenvalue weighted by atomic mass is 9.99. The van der Waals surface area contributed by atoms with E-state index in [0.29, 0.717) is 17.1 Å². The number of aryl methyl sites for hydroxylation is 1. The summed E-state index contributed by atoms with van der Waals surface area (Å²) in [6.07, 6.45) is 0. The van der Waals surface area contributed by atoms with Crippen molar-refractivity contribution in [1.29, 1.82) is 0 Å². The summed E-state index contributed by atoms with van der Waals surface area (Å²) in [5.74, 6) is -0.115. The van der Waals surface area contributed by atoms with E-state index in [0.717, 1.165) is 5.56 Å². The maximum atomic E-state index is 13.5. The van der Waals surface area contributed by atoms with E-state index >= 15 is 0 Å². The van der Waals surface area contributed by atoms with Crippen molar-refractivity contribution in [2.75, 3.05) is 19.9 Å². The Kier molecular flexibility index (Phi) is 4.78. The fraction of sp³-hybridized carbons (Fsp3) is 0.381. The monoisotopic (exact) mass is 417 g/mol. The van der Waals surface area contributed by atoms with Crippen LogP contribution in [0.4, 0.5) is 0 Å². The average molecular weight is 417 g/mol. The number of rotatable bonds is 6. The Hall–Kier alpha value is -2.58. The molecule has 0 bridgehead atoms. The molecule has 3 atom stereocenters. The fourth-order valence-electron chi connectivity index (χ4n) is 4.15. The highest BCUT2D eigenvalue weighted by atomic mass is 32.2. The Balaban J connectivity index is 1.81. The van der Waals surface area contributed by atoms with Crippen LogP contribution in [-0.4, -0.2) is 39.6 Å². The third-order valence-corrected chi connectivity index (χ3v) is 7.98. The number of carbonyl (C=O) groups is 1. The number of carbonyl (C=O) groups excluding carboxylic acids is 1. The van der Waals surface area contributed by atoms with Gasteiger partial charge in [0.1, 0.15) is 5.41 Å². The number of hydrogen-bond donors (Lipinski definition) is 1. The molecule has 8 heteroatoms. The maximum Gasteiger partial charge on any atom is 0.315 e. The van der Waals surface area contributed by atoms with E-state index in [1.807, 2.05) is 6.92 Å². The summed E-state index contributed by atoms with van der Waals surface area (Å²) >= 11 is 0. The molecule has 1 aliphatic heterocycles. The summed E-state index contributed by atoms with van der Waals surface area (Å²) < 4.78 is 43.0. The maximum absolute atomic E-state index is 13.5. The normalized spacial score (nSPS) is 24.9. The minimum absolute atomic E-state index is 0.106. The zero-order valence-electron chi connectivity index (χ0n) is 16.3. The molecule has 2 aromatic carbocycles. The molecule has 0 unspecified atom stereocenters. The molecule has 1 saturated carbocycles. The molecule has 29 heavy (non-hydrogen) atoms. The SMILES string of the molecule is CCOC(=O)[C@]1(CN)[C@H](c2ccc3c(c2)OCO3)[C@H]1S(=O)(=O)c1ccc(C)cc1. The van der Waals surface area contributed by atoms with Crippen LogP contribution in [0.1, 0.15) is 24.0 Å². The quantitative estimate of drug-likeness (QED) is 0.718. The van der Waals surface area contributed by atoms with Crippen molar-refractivity contribution in [3.63, 3.8) is 0 Å². The molecular weight excluding hydrogens is 394 g/mol. The van der Waals surface area contributed by atoms with Gasteiger partial charge in [0.25, 0.3) is 0 Å². The molecule has 0 amide bonds. The third kappa shape index (κ3) is 2.98. The summed E-state index contributed by atoms with van der Waals surface area (Å²) in [5.41, 5.74) is 6.28. The highest BCUT2D eigenvalue weighted by Gasteiger charge is 2.75. The van der Waals surface area contributed by atoms with Gasteiger partial charge in [0.2, 0.25) is 6.79 Å². The van der Waals surface area contributed by atoms with E-state index in [9.17, 15) is 13.2 Å². The summed E-state index contributed by atoms with van der Waals surface area (Å²) in [4.78, 5) is 13.1. The molecule has 2 aromatic rings. The number of ether oxygens (including phenoxy) is 3. The molecule has 7 nitrogen and oxygen atoms in total. The summed E-state index contributed by atoms with van der Waals surface area (Å²) in [6, 6.07) is 11.8. The molecule has 0 radical (unpaired) electrons. The van der Waals surface area contributed by atoms with E-state index in [1.54, 1.807) is 49.4 Å². The predicted molar refractivity (Wildman–Crippen MR) is 106 cm³/mol. The van der Waals surface area contributed by atoms with Crippen molar-refractivity contribution in [1.82, 2.24) is 0 Å². The summed E-state index contributed by atoms with van der Waals surface area (Å²) in [5, 5.41) is -1.01.